The minimum atomic E-state index is 0. The Morgan fingerprint density at radius 3 is 2.70 bits per heavy atom. The number of hydrogen-bond acceptors (Lipinski definition) is 3. The highest BCUT2D eigenvalue weighted by atomic mass is 35.5. The van der Waals surface area contributed by atoms with Crippen molar-refractivity contribution in [2.24, 2.45) is 0 Å². The summed E-state index contributed by atoms with van der Waals surface area (Å²) in [6.45, 7) is 8.33. The quantitative estimate of drug-likeness (QED) is 0.789. The van der Waals surface area contributed by atoms with Crippen molar-refractivity contribution in [1.29, 1.82) is 0 Å². The first-order chi connectivity index (χ1) is 12.0. The Kier molecular flexibility index (Phi) is 9.09. The largest absolute Gasteiger partial charge is 0.333 e. The van der Waals surface area contributed by atoms with Crippen LogP contribution >= 0.6 is 36.4 Å². The molecule has 0 saturated carbocycles. The van der Waals surface area contributed by atoms with E-state index in [4.69, 9.17) is 11.6 Å². The van der Waals surface area contributed by atoms with Crippen molar-refractivity contribution >= 4 is 42.3 Å². The van der Waals surface area contributed by atoms with E-state index in [2.05, 4.69) is 10.4 Å². The van der Waals surface area contributed by atoms with Crippen molar-refractivity contribution in [2.45, 2.75) is 39.3 Å². The van der Waals surface area contributed by atoms with E-state index in [-0.39, 0.29) is 42.8 Å². The smallest absolute Gasteiger partial charge is 0.225 e. The highest BCUT2D eigenvalue weighted by Gasteiger charge is 2.29. The molecule has 0 aliphatic carbocycles. The van der Waals surface area contributed by atoms with Gasteiger partial charge in [0.25, 0.3) is 0 Å². The van der Waals surface area contributed by atoms with Crippen LogP contribution in [0.5, 0.6) is 0 Å². The van der Waals surface area contributed by atoms with Crippen molar-refractivity contribution < 1.29 is 4.79 Å². The highest BCUT2D eigenvalue weighted by Crippen LogP contribution is 2.26. The zero-order valence-corrected chi connectivity index (χ0v) is 18.2. The number of amides is 1. The molecule has 1 aliphatic heterocycles. The van der Waals surface area contributed by atoms with Crippen LogP contribution in [0.2, 0.25) is 5.02 Å². The van der Waals surface area contributed by atoms with Crippen LogP contribution in [0, 0.1) is 13.8 Å². The Bertz CT molecular complexity index is 765. The van der Waals surface area contributed by atoms with Gasteiger partial charge in [-0.2, -0.15) is 5.10 Å². The summed E-state index contributed by atoms with van der Waals surface area (Å²) >= 11 is 6.14. The van der Waals surface area contributed by atoms with E-state index < -0.39 is 0 Å². The summed E-state index contributed by atoms with van der Waals surface area (Å²) < 4.78 is 1.95. The van der Waals surface area contributed by atoms with Crippen LogP contribution in [0.3, 0.4) is 0 Å². The number of aryl methyl sites for hydroxylation is 2. The van der Waals surface area contributed by atoms with Gasteiger partial charge in [0.15, 0.2) is 0 Å². The van der Waals surface area contributed by atoms with Crippen molar-refractivity contribution in [3.05, 3.63) is 52.3 Å². The molecule has 1 fully saturated rings. The lowest BCUT2D eigenvalue weighted by Crippen LogP contribution is -2.49. The molecule has 0 spiro atoms. The number of nitrogens with one attached hydrogen (secondary N) is 1. The zero-order chi connectivity index (χ0) is 18.0. The fourth-order valence-corrected chi connectivity index (χ4v) is 3.76. The van der Waals surface area contributed by atoms with Crippen LogP contribution in [-0.2, 0) is 4.79 Å². The average Bonchev–Trinajstić information content (AvgIpc) is 2.93. The van der Waals surface area contributed by atoms with Crippen molar-refractivity contribution in [3.8, 4) is 0 Å². The lowest BCUT2D eigenvalue weighted by atomic mass is 10.0. The molecule has 150 valence electrons. The maximum Gasteiger partial charge on any atom is 0.225 e. The minimum absolute atomic E-state index is 0. The minimum Gasteiger partial charge on any atom is -0.333 e. The third-order valence-corrected chi connectivity index (χ3v) is 4.96. The molecule has 1 saturated heterocycles. The Balaban J connectivity index is 0.00000182. The van der Waals surface area contributed by atoms with E-state index in [1.807, 2.05) is 60.7 Å². The number of halogens is 3. The van der Waals surface area contributed by atoms with E-state index in [0.717, 1.165) is 30.0 Å². The van der Waals surface area contributed by atoms with Gasteiger partial charge in [-0.05, 0) is 44.5 Å². The number of aromatic nitrogens is 2. The van der Waals surface area contributed by atoms with Gasteiger partial charge >= 0.3 is 0 Å². The molecule has 0 radical (unpaired) electrons. The summed E-state index contributed by atoms with van der Waals surface area (Å²) in [4.78, 5) is 15.0. The fourth-order valence-electron chi connectivity index (χ4n) is 3.56. The molecule has 2 aromatic rings. The third-order valence-electron chi connectivity index (χ3n) is 4.73. The average molecular weight is 434 g/mol. The Labute approximate surface area is 178 Å². The lowest BCUT2D eigenvalue weighted by molar-refractivity contribution is -0.135. The standard InChI is InChI=1S/C19H25ClN4O.2ClH/c1-13-9-14(2)24(22-13)15(3)10-19(25)23-8-7-21-12-18(23)16-5-4-6-17(20)11-16;;/h4-6,9,11,15,18,21H,7-8,10,12H2,1-3H3;2*1H. The van der Waals surface area contributed by atoms with E-state index in [9.17, 15) is 4.79 Å². The van der Waals surface area contributed by atoms with Crippen LogP contribution in [0.15, 0.2) is 30.3 Å². The molecule has 8 heteroatoms. The van der Waals surface area contributed by atoms with Crippen LogP contribution in [0.1, 0.15) is 42.4 Å². The molecule has 1 aliphatic rings. The predicted octanol–water partition coefficient (Wildman–Crippen LogP) is 4.12. The van der Waals surface area contributed by atoms with Crippen molar-refractivity contribution in [3.63, 3.8) is 0 Å². The summed E-state index contributed by atoms with van der Waals surface area (Å²) in [5, 5.41) is 8.59. The molecular weight excluding hydrogens is 407 g/mol. The van der Waals surface area contributed by atoms with Gasteiger partial charge in [0.1, 0.15) is 0 Å². The molecule has 2 atom stereocenters. The molecular formula is C19H27Cl3N4O. The molecule has 0 bridgehead atoms. The maximum atomic E-state index is 13.0. The molecule has 2 heterocycles. The Morgan fingerprint density at radius 2 is 2.07 bits per heavy atom. The first-order valence-corrected chi connectivity index (χ1v) is 9.12. The summed E-state index contributed by atoms with van der Waals surface area (Å²) in [5.41, 5.74) is 3.15. The van der Waals surface area contributed by atoms with Crippen LogP contribution < -0.4 is 5.32 Å². The SMILES string of the molecule is Cc1cc(C)n(C(C)CC(=O)N2CCNCC2c2cccc(Cl)c2)n1.Cl.Cl. The first kappa shape index (κ1) is 23.8. The van der Waals surface area contributed by atoms with Crippen molar-refractivity contribution in [2.75, 3.05) is 19.6 Å². The van der Waals surface area contributed by atoms with Crippen LogP contribution in [0.4, 0.5) is 0 Å². The lowest BCUT2D eigenvalue weighted by Gasteiger charge is -2.37. The van der Waals surface area contributed by atoms with E-state index in [0.29, 0.717) is 18.0 Å². The van der Waals surface area contributed by atoms with Gasteiger partial charge < -0.3 is 10.2 Å². The molecule has 1 N–H and O–H groups in total. The predicted molar refractivity (Wildman–Crippen MR) is 114 cm³/mol. The molecule has 1 aromatic heterocycles. The van der Waals surface area contributed by atoms with Crippen LogP contribution in [0.25, 0.3) is 0 Å². The molecule has 1 aromatic carbocycles. The molecule has 1 amide bonds. The van der Waals surface area contributed by atoms with Gasteiger partial charge in [0.05, 0.1) is 17.8 Å². The topological polar surface area (TPSA) is 50.2 Å². The van der Waals surface area contributed by atoms with Gasteiger partial charge in [0, 0.05) is 36.8 Å². The Hall–Kier alpha value is -1.27. The number of carbonyl (C=O) groups excluding carboxylic acids is 1. The van der Waals surface area contributed by atoms with Gasteiger partial charge in [0.2, 0.25) is 5.91 Å². The van der Waals surface area contributed by atoms with Gasteiger partial charge in [-0.15, -0.1) is 24.8 Å². The molecule has 2 unspecified atom stereocenters. The van der Waals surface area contributed by atoms with Crippen molar-refractivity contribution in [1.82, 2.24) is 20.0 Å². The number of rotatable bonds is 4. The second-order valence-electron chi connectivity index (χ2n) is 6.79. The summed E-state index contributed by atoms with van der Waals surface area (Å²) in [6.07, 6.45) is 0.443. The number of piperazine rings is 1. The van der Waals surface area contributed by atoms with Gasteiger partial charge in [-0.3, -0.25) is 9.48 Å². The summed E-state index contributed by atoms with van der Waals surface area (Å²) in [6, 6.07) is 9.88. The normalized spacial score (nSPS) is 17.6. The maximum absolute atomic E-state index is 13.0. The summed E-state index contributed by atoms with van der Waals surface area (Å²) in [7, 11) is 0. The van der Waals surface area contributed by atoms with Crippen LogP contribution in [-0.4, -0.2) is 40.2 Å². The van der Waals surface area contributed by atoms with Gasteiger partial charge in [-0.25, -0.2) is 0 Å². The number of nitrogens with zero attached hydrogens (tertiary/aromatic N) is 3. The molecule has 5 nitrogen and oxygen atoms in total. The van der Waals surface area contributed by atoms with E-state index in [1.54, 1.807) is 0 Å². The highest BCUT2D eigenvalue weighted by molar-refractivity contribution is 6.30. The second-order valence-corrected chi connectivity index (χ2v) is 7.22. The fraction of sp³-hybridized carbons (Fsp3) is 0.474. The van der Waals surface area contributed by atoms with E-state index >= 15 is 0 Å². The van der Waals surface area contributed by atoms with Gasteiger partial charge in [-0.1, -0.05) is 23.7 Å². The molecule has 3 rings (SSSR count). The second kappa shape index (κ2) is 10.3. The summed E-state index contributed by atoms with van der Waals surface area (Å²) in [5.74, 6) is 0.159. The number of hydrogen-bond donors (Lipinski definition) is 1. The molecule has 27 heavy (non-hydrogen) atoms. The first-order valence-electron chi connectivity index (χ1n) is 8.74. The number of benzene rings is 1. The monoisotopic (exact) mass is 432 g/mol. The van der Waals surface area contributed by atoms with E-state index in [1.165, 1.54) is 0 Å². The Morgan fingerprint density at radius 1 is 1.33 bits per heavy atom. The third kappa shape index (κ3) is 5.61. The zero-order valence-electron chi connectivity index (χ0n) is 15.8. The number of carbonyl (C=O) groups is 1.